The molecule has 18 nitrogen and oxygen atoms in total. The molecule has 4 aromatic carbocycles. The van der Waals surface area contributed by atoms with Crippen LogP contribution in [-0.2, 0) is 40.3 Å². The van der Waals surface area contributed by atoms with E-state index in [-0.39, 0.29) is 86.7 Å². The van der Waals surface area contributed by atoms with E-state index in [4.69, 9.17) is 9.47 Å². The number of sulfonamides is 2. The second-order valence-electron chi connectivity index (χ2n) is 12.7. The Morgan fingerprint density at radius 2 is 0.883 bits per heavy atom. The van der Waals surface area contributed by atoms with Crippen LogP contribution in [0.4, 0.5) is 11.4 Å². The van der Waals surface area contributed by atoms with E-state index in [1.165, 1.54) is 50.6 Å². The molecule has 0 atom stereocenters. The molecule has 0 heterocycles. The Hall–Kier alpha value is -5.20. The summed E-state index contributed by atoms with van der Waals surface area (Å²) in [5.41, 5.74) is -1.71. The van der Waals surface area contributed by atoms with Crippen molar-refractivity contribution in [2.24, 2.45) is 0 Å². The number of nitrogens with one attached hydrogen (secondary N) is 2. The minimum atomic E-state index is -5.13. The van der Waals surface area contributed by atoms with E-state index >= 15 is 0 Å². The molecule has 0 saturated heterocycles. The Balaban J connectivity index is 1.71. The van der Waals surface area contributed by atoms with Crippen LogP contribution in [0.15, 0.2) is 99.0 Å². The monoisotopic (exact) mass is 908 g/mol. The molecule has 0 bridgehead atoms. The maximum atomic E-state index is 13.3. The number of carbonyl (C=O) groups is 2. The van der Waals surface area contributed by atoms with E-state index in [0.717, 1.165) is 45.0 Å². The van der Waals surface area contributed by atoms with Crippen molar-refractivity contribution < 1.29 is 61.8 Å². The molecule has 0 fully saturated rings. The highest BCUT2D eigenvalue weighted by atomic mass is 32.2. The molecule has 4 N–H and O–H groups in total. The summed E-state index contributed by atoms with van der Waals surface area (Å²) < 4.78 is 137. The molecule has 4 rings (SSSR count). The molecule has 60 heavy (non-hydrogen) atoms. The predicted octanol–water partition coefficient (Wildman–Crippen LogP) is 4.82. The molecular weight excluding hydrogens is 865 g/mol. The molecule has 324 valence electrons. The molecule has 4 aromatic rings. The summed E-state index contributed by atoms with van der Waals surface area (Å²) in [6.45, 7) is 10.9. The third-order valence-electron chi connectivity index (χ3n) is 9.18. The smallest absolute Gasteiger partial charge is 0.295 e. The van der Waals surface area contributed by atoms with Crippen molar-refractivity contribution in [3.05, 3.63) is 102 Å². The van der Waals surface area contributed by atoms with Crippen molar-refractivity contribution >= 4 is 69.0 Å². The third-order valence-corrected chi connectivity index (χ3v) is 15.1. The molecule has 0 saturated carbocycles. The highest BCUT2D eigenvalue weighted by Crippen LogP contribution is 2.36. The van der Waals surface area contributed by atoms with E-state index < -0.39 is 61.9 Å². The summed E-state index contributed by atoms with van der Waals surface area (Å²) in [6, 6.07) is 13.6. The Kier molecular flexibility index (Phi) is 14.7. The summed E-state index contributed by atoms with van der Waals surface area (Å²) in [7, 11) is -15.9. The number of amides is 2. The molecular formula is C38H44N4O14S4. The number of hydrogen-bond donors (Lipinski definition) is 4. The molecule has 0 aromatic heterocycles. The van der Waals surface area contributed by atoms with E-state index in [2.05, 4.69) is 17.2 Å². The zero-order valence-corrected chi connectivity index (χ0v) is 36.6. The van der Waals surface area contributed by atoms with Crippen LogP contribution in [0, 0.1) is 0 Å². The van der Waals surface area contributed by atoms with Gasteiger partial charge in [0, 0.05) is 59.8 Å². The largest absolute Gasteiger partial charge is 0.495 e. The third kappa shape index (κ3) is 10.0. The maximum Gasteiger partial charge on any atom is 0.295 e. The Bertz CT molecular complexity index is 2600. The fourth-order valence-electron chi connectivity index (χ4n) is 6.12. The van der Waals surface area contributed by atoms with E-state index in [9.17, 15) is 52.4 Å². The van der Waals surface area contributed by atoms with E-state index in [1.54, 1.807) is 27.7 Å². The summed E-state index contributed by atoms with van der Waals surface area (Å²) in [6.07, 6.45) is 0. The molecule has 0 spiro atoms. The van der Waals surface area contributed by atoms with Crippen molar-refractivity contribution in [2.75, 3.05) is 51.0 Å². The predicted molar refractivity (Wildman–Crippen MR) is 223 cm³/mol. The van der Waals surface area contributed by atoms with E-state index in [1.807, 2.05) is 0 Å². The van der Waals surface area contributed by atoms with Crippen molar-refractivity contribution in [3.63, 3.8) is 0 Å². The van der Waals surface area contributed by atoms with Crippen LogP contribution in [0.2, 0.25) is 0 Å². The number of ether oxygens (including phenoxy) is 2. The lowest BCUT2D eigenvalue weighted by Crippen LogP contribution is -2.31. The van der Waals surface area contributed by atoms with Gasteiger partial charge in [-0.1, -0.05) is 46.4 Å². The number of rotatable bonds is 18. The molecule has 0 aliphatic heterocycles. The van der Waals surface area contributed by atoms with Crippen LogP contribution >= 0.6 is 0 Å². The van der Waals surface area contributed by atoms with E-state index in [0.29, 0.717) is 0 Å². The lowest BCUT2D eigenvalue weighted by Gasteiger charge is -2.20. The van der Waals surface area contributed by atoms with Gasteiger partial charge in [-0.05, 0) is 66.2 Å². The number of benzene rings is 4. The van der Waals surface area contributed by atoms with Gasteiger partial charge in [0.15, 0.2) is 0 Å². The van der Waals surface area contributed by atoms with Crippen molar-refractivity contribution in [3.8, 4) is 11.5 Å². The van der Waals surface area contributed by atoms with Gasteiger partial charge in [-0.25, -0.2) is 16.8 Å². The van der Waals surface area contributed by atoms with Gasteiger partial charge in [0.05, 0.1) is 14.2 Å². The van der Waals surface area contributed by atoms with Gasteiger partial charge in [-0.15, -0.1) is 0 Å². The molecule has 0 radical (unpaired) electrons. The highest BCUT2D eigenvalue weighted by molar-refractivity contribution is 7.89. The Morgan fingerprint density at radius 1 is 0.550 bits per heavy atom. The molecule has 0 aliphatic rings. The van der Waals surface area contributed by atoms with Crippen molar-refractivity contribution in [1.82, 2.24) is 8.61 Å². The van der Waals surface area contributed by atoms with Gasteiger partial charge in [-0.2, -0.15) is 25.4 Å². The van der Waals surface area contributed by atoms with Crippen LogP contribution in [-0.4, -0.2) is 104 Å². The van der Waals surface area contributed by atoms with Gasteiger partial charge >= 0.3 is 0 Å². The number of carbonyl (C=O) groups excluding carboxylic acids is 2. The zero-order chi connectivity index (χ0) is 45.0. The molecule has 22 heteroatoms. The average molecular weight is 909 g/mol. The fraction of sp³-hybridized carbons (Fsp3) is 0.263. The van der Waals surface area contributed by atoms with Crippen LogP contribution in [0.25, 0.3) is 5.57 Å². The number of hydrogen-bond acceptors (Lipinski definition) is 12. The molecule has 0 aliphatic carbocycles. The minimum Gasteiger partial charge on any atom is -0.495 e. The summed E-state index contributed by atoms with van der Waals surface area (Å²) in [4.78, 5) is 24.5. The summed E-state index contributed by atoms with van der Waals surface area (Å²) in [5, 5.41) is 4.88. The Labute approximate surface area is 349 Å². The second kappa shape index (κ2) is 18.6. The number of nitrogens with zero attached hydrogens (tertiary/aromatic N) is 2. The van der Waals surface area contributed by atoms with Gasteiger partial charge in [0.2, 0.25) is 20.0 Å². The zero-order valence-electron chi connectivity index (χ0n) is 33.3. The number of anilines is 2. The topological polar surface area (TPSA) is 260 Å². The first-order valence-electron chi connectivity index (χ1n) is 17.9. The van der Waals surface area contributed by atoms with Gasteiger partial charge in [0.1, 0.15) is 31.1 Å². The van der Waals surface area contributed by atoms with Gasteiger partial charge in [0.25, 0.3) is 32.1 Å². The van der Waals surface area contributed by atoms with Gasteiger partial charge in [-0.3, -0.25) is 18.7 Å². The second-order valence-corrected chi connectivity index (χ2v) is 19.3. The van der Waals surface area contributed by atoms with Crippen molar-refractivity contribution in [2.45, 2.75) is 47.3 Å². The standard InChI is InChI=1S/C38H44N4O14S4/c1-8-41(9-2)57(45,46)35-20-25(12-18-31(35)55-6)37(43)39-27-14-16-29(33(22-27)59(49,50)51)24(5)30-17-15-28(23-34(30)60(52,53)54)40-38(44)26-13-19-32(56-7)36(21-26)58(47,48)42(10-3)11-4/h12-23H,5,8-11H2,1-4,6-7H3,(H,39,43)(H,40,44)(H,49,50,51)(H,52,53,54). The highest BCUT2D eigenvalue weighted by Gasteiger charge is 2.30. The van der Waals surface area contributed by atoms with Crippen LogP contribution in [0.1, 0.15) is 59.5 Å². The number of methoxy groups -OCH3 is 2. The van der Waals surface area contributed by atoms with Crippen LogP contribution in [0.5, 0.6) is 11.5 Å². The maximum absolute atomic E-state index is 13.3. The quantitative estimate of drug-likeness (QED) is 0.0976. The van der Waals surface area contributed by atoms with Gasteiger partial charge < -0.3 is 20.1 Å². The Morgan fingerprint density at radius 3 is 1.17 bits per heavy atom. The lowest BCUT2D eigenvalue weighted by molar-refractivity contribution is 0.101. The fourth-order valence-corrected chi connectivity index (χ4v) is 10.9. The van der Waals surface area contributed by atoms with Crippen molar-refractivity contribution in [1.29, 1.82) is 0 Å². The molecule has 0 unspecified atom stereocenters. The lowest BCUT2D eigenvalue weighted by atomic mass is 9.98. The summed E-state index contributed by atoms with van der Waals surface area (Å²) >= 11 is 0. The first kappa shape index (κ1) is 47.5. The first-order chi connectivity index (χ1) is 28.0. The molecule has 2 amide bonds. The minimum absolute atomic E-state index is 0.0236. The average Bonchev–Trinajstić information content (AvgIpc) is 3.20. The van der Waals surface area contributed by atoms with Crippen LogP contribution in [0.3, 0.4) is 0 Å². The summed E-state index contributed by atoms with van der Waals surface area (Å²) in [5.74, 6) is -1.79. The normalized spacial score (nSPS) is 12.3. The SMILES string of the molecule is C=C(c1ccc(NC(=O)c2ccc(OC)c(S(=O)(=O)N(CC)CC)c2)cc1S(=O)(=O)O)c1ccc(NC(=O)c2ccc(OC)c(S(=O)(=O)N(CC)CC)c2)cc1S(=O)(=O)O. The van der Waals surface area contributed by atoms with Crippen LogP contribution < -0.4 is 20.1 Å². The first-order valence-corrected chi connectivity index (χ1v) is 23.7.